The molecule has 0 radical (unpaired) electrons. The van der Waals surface area contributed by atoms with Crippen molar-refractivity contribution < 1.29 is 22.1 Å². The molecule has 1 aliphatic rings. The molecular weight excluding hydrogens is 474 g/mol. The maximum absolute atomic E-state index is 13.1. The van der Waals surface area contributed by atoms with E-state index >= 15 is 0 Å². The van der Waals surface area contributed by atoms with E-state index in [2.05, 4.69) is 29.2 Å². The second kappa shape index (κ2) is 11.8. The van der Waals surface area contributed by atoms with Gasteiger partial charge in [0, 0.05) is 20.0 Å². The SMILES string of the molecule is CC(=O)O[C@@H]1[C@@H](OS(=O)(=O)c2ccc(C)cc2)CCC[C@H]1N(Cc1ccccc1)Cc1ccccc1. The maximum Gasteiger partial charge on any atom is 0.303 e. The highest BCUT2D eigenvalue weighted by Crippen LogP contribution is 2.32. The molecule has 190 valence electrons. The molecule has 0 N–H and O–H groups in total. The first-order valence-corrected chi connectivity index (χ1v) is 13.7. The van der Waals surface area contributed by atoms with Gasteiger partial charge in [0.15, 0.2) is 0 Å². The minimum atomic E-state index is -4.02. The fourth-order valence-electron chi connectivity index (χ4n) is 4.79. The number of ether oxygens (including phenoxy) is 1. The number of rotatable bonds is 9. The standard InChI is InChI=1S/C29H33NO5S/c1-22-16-18-26(19-17-22)36(32,33)35-28-15-9-14-27(29(28)34-23(2)31)30(20-24-10-5-3-6-11-24)21-25-12-7-4-8-13-25/h3-8,10-13,16-19,27-29H,9,14-15,20-21H2,1-2H3/t27-,28+,29+/m1/s1. The first-order chi connectivity index (χ1) is 17.3. The number of carbonyl (C=O) groups is 1. The van der Waals surface area contributed by atoms with Gasteiger partial charge in [-0.15, -0.1) is 0 Å². The summed E-state index contributed by atoms with van der Waals surface area (Å²) in [7, 11) is -4.02. The lowest BCUT2D eigenvalue weighted by Crippen LogP contribution is -2.53. The van der Waals surface area contributed by atoms with Crippen molar-refractivity contribution in [1.82, 2.24) is 4.90 Å². The van der Waals surface area contributed by atoms with Crippen molar-refractivity contribution in [3.8, 4) is 0 Å². The van der Waals surface area contributed by atoms with E-state index in [1.807, 2.05) is 43.3 Å². The van der Waals surface area contributed by atoms with Gasteiger partial charge in [-0.3, -0.25) is 13.9 Å². The average molecular weight is 508 g/mol. The molecule has 0 saturated heterocycles. The molecule has 0 unspecified atom stereocenters. The van der Waals surface area contributed by atoms with E-state index < -0.39 is 28.3 Å². The molecule has 0 aliphatic heterocycles. The molecule has 3 aromatic carbocycles. The van der Waals surface area contributed by atoms with Gasteiger partial charge in [-0.1, -0.05) is 78.4 Å². The summed E-state index contributed by atoms with van der Waals surface area (Å²) in [4.78, 5) is 14.5. The topological polar surface area (TPSA) is 72.9 Å². The summed E-state index contributed by atoms with van der Waals surface area (Å²) in [5, 5.41) is 0. The van der Waals surface area contributed by atoms with Crippen LogP contribution in [-0.4, -0.2) is 37.5 Å². The summed E-state index contributed by atoms with van der Waals surface area (Å²) in [5.74, 6) is -0.451. The summed E-state index contributed by atoms with van der Waals surface area (Å²) in [6.07, 6.45) is 0.528. The molecule has 36 heavy (non-hydrogen) atoms. The minimum absolute atomic E-state index is 0.0993. The first kappa shape index (κ1) is 26.1. The van der Waals surface area contributed by atoms with Crippen LogP contribution in [0.15, 0.2) is 89.8 Å². The van der Waals surface area contributed by atoms with Gasteiger partial charge < -0.3 is 4.74 Å². The fourth-order valence-corrected chi connectivity index (χ4v) is 5.90. The predicted octanol–water partition coefficient (Wildman–Crippen LogP) is 5.26. The van der Waals surface area contributed by atoms with Gasteiger partial charge in [0.1, 0.15) is 12.2 Å². The summed E-state index contributed by atoms with van der Waals surface area (Å²) >= 11 is 0. The van der Waals surface area contributed by atoms with Crippen molar-refractivity contribution in [2.24, 2.45) is 0 Å². The third-order valence-corrected chi connectivity index (χ3v) is 7.87. The Morgan fingerprint density at radius 1 is 0.861 bits per heavy atom. The number of benzene rings is 3. The Hall–Kier alpha value is -3.00. The van der Waals surface area contributed by atoms with Gasteiger partial charge in [0.25, 0.3) is 10.1 Å². The molecule has 1 fully saturated rings. The Kier molecular flexibility index (Phi) is 8.56. The number of hydrogen-bond donors (Lipinski definition) is 0. The largest absolute Gasteiger partial charge is 0.458 e. The monoisotopic (exact) mass is 507 g/mol. The Balaban J connectivity index is 1.64. The average Bonchev–Trinajstić information content (AvgIpc) is 2.86. The normalized spacial score (nSPS) is 20.2. The summed E-state index contributed by atoms with van der Waals surface area (Å²) < 4.78 is 37.8. The van der Waals surface area contributed by atoms with Crippen LogP contribution < -0.4 is 0 Å². The van der Waals surface area contributed by atoms with Crippen molar-refractivity contribution >= 4 is 16.1 Å². The van der Waals surface area contributed by atoms with Crippen LogP contribution in [0, 0.1) is 6.92 Å². The first-order valence-electron chi connectivity index (χ1n) is 12.3. The van der Waals surface area contributed by atoms with E-state index in [4.69, 9.17) is 8.92 Å². The smallest absolute Gasteiger partial charge is 0.303 e. The Morgan fingerprint density at radius 3 is 1.94 bits per heavy atom. The third-order valence-electron chi connectivity index (χ3n) is 6.52. The fraction of sp³-hybridized carbons (Fsp3) is 0.345. The Morgan fingerprint density at radius 2 is 1.42 bits per heavy atom. The van der Waals surface area contributed by atoms with Crippen LogP contribution in [-0.2, 0) is 36.9 Å². The van der Waals surface area contributed by atoms with Crippen molar-refractivity contribution in [3.05, 3.63) is 102 Å². The Labute approximate surface area is 214 Å². The van der Waals surface area contributed by atoms with E-state index in [1.165, 1.54) is 6.92 Å². The summed E-state index contributed by atoms with van der Waals surface area (Å²) in [6, 6.07) is 26.6. The second-order valence-electron chi connectivity index (χ2n) is 9.35. The van der Waals surface area contributed by atoms with Gasteiger partial charge >= 0.3 is 5.97 Å². The maximum atomic E-state index is 13.1. The van der Waals surface area contributed by atoms with E-state index in [-0.39, 0.29) is 10.9 Å². The highest BCUT2D eigenvalue weighted by Gasteiger charge is 2.42. The molecule has 7 heteroatoms. The van der Waals surface area contributed by atoms with Crippen molar-refractivity contribution in [3.63, 3.8) is 0 Å². The van der Waals surface area contributed by atoms with Crippen LogP contribution in [0.4, 0.5) is 0 Å². The predicted molar refractivity (Wildman–Crippen MR) is 139 cm³/mol. The Bertz CT molecular complexity index is 1190. The van der Waals surface area contributed by atoms with Crippen molar-refractivity contribution in [2.75, 3.05) is 0 Å². The van der Waals surface area contributed by atoms with Crippen LogP contribution in [0.5, 0.6) is 0 Å². The zero-order valence-electron chi connectivity index (χ0n) is 20.7. The summed E-state index contributed by atoms with van der Waals surface area (Å²) in [5.41, 5.74) is 3.22. The van der Waals surface area contributed by atoms with E-state index in [9.17, 15) is 13.2 Å². The van der Waals surface area contributed by atoms with Crippen molar-refractivity contribution in [2.45, 2.75) is 69.3 Å². The molecule has 3 atom stereocenters. The molecule has 6 nitrogen and oxygen atoms in total. The number of carbonyl (C=O) groups excluding carboxylic acids is 1. The van der Waals surface area contributed by atoms with Crippen LogP contribution in [0.25, 0.3) is 0 Å². The molecule has 0 heterocycles. The lowest BCUT2D eigenvalue weighted by molar-refractivity contribution is -0.160. The molecule has 0 bridgehead atoms. The minimum Gasteiger partial charge on any atom is -0.458 e. The van der Waals surface area contributed by atoms with Crippen LogP contribution in [0.1, 0.15) is 42.9 Å². The molecule has 0 spiro atoms. The zero-order valence-corrected chi connectivity index (χ0v) is 21.6. The summed E-state index contributed by atoms with van der Waals surface area (Å²) in [6.45, 7) is 4.52. The van der Waals surface area contributed by atoms with Crippen LogP contribution >= 0.6 is 0 Å². The van der Waals surface area contributed by atoms with Gasteiger partial charge in [0.2, 0.25) is 0 Å². The second-order valence-corrected chi connectivity index (χ2v) is 10.9. The molecule has 1 aliphatic carbocycles. The number of esters is 1. The van der Waals surface area contributed by atoms with Gasteiger partial charge in [0.05, 0.1) is 10.9 Å². The van der Waals surface area contributed by atoms with E-state index in [0.29, 0.717) is 19.5 Å². The number of nitrogens with zero attached hydrogens (tertiary/aromatic N) is 1. The third kappa shape index (κ3) is 6.81. The number of aryl methyl sites for hydroxylation is 1. The van der Waals surface area contributed by atoms with E-state index in [0.717, 1.165) is 29.5 Å². The highest BCUT2D eigenvalue weighted by atomic mass is 32.2. The van der Waals surface area contributed by atoms with Gasteiger partial charge in [-0.05, 0) is 49.4 Å². The zero-order chi connectivity index (χ0) is 25.5. The van der Waals surface area contributed by atoms with Gasteiger partial charge in [-0.2, -0.15) is 8.42 Å². The lowest BCUT2D eigenvalue weighted by atomic mass is 9.88. The lowest BCUT2D eigenvalue weighted by Gasteiger charge is -2.42. The molecule has 0 amide bonds. The molecular formula is C29H33NO5S. The quantitative estimate of drug-likeness (QED) is 0.291. The number of hydrogen-bond acceptors (Lipinski definition) is 6. The van der Waals surface area contributed by atoms with Crippen molar-refractivity contribution in [1.29, 1.82) is 0 Å². The van der Waals surface area contributed by atoms with E-state index in [1.54, 1.807) is 24.3 Å². The van der Waals surface area contributed by atoms with Crippen LogP contribution in [0.2, 0.25) is 0 Å². The molecule has 4 rings (SSSR count). The molecule has 0 aromatic heterocycles. The van der Waals surface area contributed by atoms with Gasteiger partial charge in [-0.25, -0.2) is 0 Å². The molecule has 1 saturated carbocycles. The van der Waals surface area contributed by atoms with Crippen LogP contribution in [0.3, 0.4) is 0 Å². The molecule has 3 aromatic rings. The highest BCUT2D eigenvalue weighted by molar-refractivity contribution is 7.86.